The molecule has 0 bridgehead atoms. The SMILES string of the molecule is Cc1ccccc1COc1c(C)cc(C(=O)O)cc1C. The molecule has 0 spiro atoms. The van der Waals surface area contributed by atoms with Gasteiger partial charge in [-0.1, -0.05) is 24.3 Å². The summed E-state index contributed by atoms with van der Waals surface area (Å²) in [5, 5.41) is 9.03. The van der Waals surface area contributed by atoms with E-state index in [0.717, 1.165) is 22.4 Å². The van der Waals surface area contributed by atoms with Crippen LogP contribution < -0.4 is 4.74 Å². The van der Waals surface area contributed by atoms with Crippen molar-refractivity contribution in [2.75, 3.05) is 0 Å². The first-order valence-corrected chi connectivity index (χ1v) is 6.51. The number of ether oxygens (including phenoxy) is 1. The average Bonchev–Trinajstić information content (AvgIpc) is 2.39. The number of aromatic carboxylic acids is 1. The zero-order valence-electron chi connectivity index (χ0n) is 11.9. The van der Waals surface area contributed by atoms with Gasteiger partial charge in [-0.05, 0) is 55.2 Å². The number of carboxylic acids is 1. The number of hydrogen-bond donors (Lipinski definition) is 1. The normalized spacial score (nSPS) is 10.3. The summed E-state index contributed by atoms with van der Waals surface area (Å²) in [6.07, 6.45) is 0. The Morgan fingerprint density at radius 2 is 1.65 bits per heavy atom. The highest BCUT2D eigenvalue weighted by Crippen LogP contribution is 2.26. The highest BCUT2D eigenvalue weighted by atomic mass is 16.5. The third kappa shape index (κ3) is 2.99. The second-order valence-electron chi connectivity index (χ2n) is 4.96. The third-order valence-corrected chi connectivity index (χ3v) is 3.34. The summed E-state index contributed by atoms with van der Waals surface area (Å²) in [5.74, 6) is -0.153. The lowest BCUT2D eigenvalue weighted by Crippen LogP contribution is -2.03. The molecule has 0 aromatic heterocycles. The van der Waals surface area contributed by atoms with Gasteiger partial charge in [0.2, 0.25) is 0 Å². The predicted octanol–water partition coefficient (Wildman–Crippen LogP) is 3.89. The van der Waals surface area contributed by atoms with Crippen molar-refractivity contribution in [1.29, 1.82) is 0 Å². The topological polar surface area (TPSA) is 46.5 Å². The van der Waals surface area contributed by atoms with E-state index in [9.17, 15) is 4.79 Å². The van der Waals surface area contributed by atoms with Crippen LogP contribution >= 0.6 is 0 Å². The standard InChI is InChI=1S/C17H18O3/c1-11-6-4-5-7-14(11)10-20-16-12(2)8-15(17(18)19)9-13(16)3/h4-9H,10H2,1-3H3,(H,18,19). The summed E-state index contributed by atoms with van der Waals surface area (Å²) >= 11 is 0. The molecule has 0 saturated heterocycles. The second kappa shape index (κ2) is 5.78. The van der Waals surface area contributed by atoms with Crippen LogP contribution in [0.3, 0.4) is 0 Å². The molecular weight excluding hydrogens is 252 g/mol. The first-order valence-electron chi connectivity index (χ1n) is 6.51. The van der Waals surface area contributed by atoms with Gasteiger partial charge in [-0.3, -0.25) is 0 Å². The largest absolute Gasteiger partial charge is 0.488 e. The van der Waals surface area contributed by atoms with E-state index >= 15 is 0 Å². The Labute approximate surface area is 118 Å². The molecule has 2 aromatic carbocycles. The van der Waals surface area contributed by atoms with Crippen molar-refractivity contribution in [3.8, 4) is 5.75 Å². The summed E-state index contributed by atoms with van der Waals surface area (Å²) in [6.45, 7) is 6.27. The van der Waals surface area contributed by atoms with E-state index in [1.165, 1.54) is 5.56 Å². The van der Waals surface area contributed by atoms with Crippen LogP contribution in [-0.2, 0) is 6.61 Å². The van der Waals surface area contributed by atoms with Crippen LogP contribution in [0.1, 0.15) is 32.6 Å². The van der Waals surface area contributed by atoms with Crippen molar-refractivity contribution < 1.29 is 14.6 Å². The number of carbonyl (C=O) groups is 1. The van der Waals surface area contributed by atoms with Crippen molar-refractivity contribution in [3.63, 3.8) is 0 Å². The Kier molecular flexibility index (Phi) is 4.08. The number of rotatable bonds is 4. The van der Waals surface area contributed by atoms with E-state index < -0.39 is 5.97 Å². The van der Waals surface area contributed by atoms with Crippen molar-refractivity contribution in [2.45, 2.75) is 27.4 Å². The maximum Gasteiger partial charge on any atom is 0.335 e. The van der Waals surface area contributed by atoms with Crippen molar-refractivity contribution in [3.05, 3.63) is 64.2 Å². The molecule has 0 amide bonds. The molecular formula is C17H18O3. The summed E-state index contributed by atoms with van der Waals surface area (Å²) < 4.78 is 5.88. The number of benzene rings is 2. The molecule has 0 aliphatic rings. The van der Waals surface area contributed by atoms with Crippen molar-refractivity contribution >= 4 is 5.97 Å². The van der Waals surface area contributed by atoms with Crippen molar-refractivity contribution in [2.24, 2.45) is 0 Å². The molecule has 104 valence electrons. The molecule has 2 rings (SSSR count). The minimum atomic E-state index is -0.915. The number of aryl methyl sites for hydroxylation is 3. The zero-order valence-corrected chi connectivity index (χ0v) is 11.9. The van der Waals surface area contributed by atoms with Gasteiger partial charge in [-0.2, -0.15) is 0 Å². The minimum absolute atomic E-state index is 0.295. The second-order valence-corrected chi connectivity index (χ2v) is 4.96. The molecule has 0 heterocycles. The van der Waals surface area contributed by atoms with Crippen LogP contribution in [0.25, 0.3) is 0 Å². The fraction of sp³-hybridized carbons (Fsp3) is 0.235. The molecule has 0 aliphatic heterocycles. The first kappa shape index (κ1) is 14.1. The van der Waals surface area contributed by atoms with E-state index in [0.29, 0.717) is 12.2 Å². The lowest BCUT2D eigenvalue weighted by atomic mass is 10.1. The van der Waals surface area contributed by atoms with Gasteiger partial charge in [0.1, 0.15) is 12.4 Å². The van der Waals surface area contributed by atoms with Crippen molar-refractivity contribution in [1.82, 2.24) is 0 Å². The van der Waals surface area contributed by atoms with E-state index in [1.807, 2.05) is 45.0 Å². The Morgan fingerprint density at radius 1 is 1.05 bits per heavy atom. The minimum Gasteiger partial charge on any atom is -0.488 e. The van der Waals surface area contributed by atoms with Crippen LogP contribution in [0.15, 0.2) is 36.4 Å². The van der Waals surface area contributed by atoms with Gasteiger partial charge in [0, 0.05) is 0 Å². The number of hydrogen-bond acceptors (Lipinski definition) is 2. The summed E-state index contributed by atoms with van der Waals surface area (Å²) in [5.41, 5.74) is 4.30. The molecule has 2 aromatic rings. The third-order valence-electron chi connectivity index (χ3n) is 3.34. The highest BCUT2D eigenvalue weighted by molar-refractivity contribution is 5.88. The predicted molar refractivity (Wildman–Crippen MR) is 78.4 cm³/mol. The Balaban J connectivity index is 2.22. The monoisotopic (exact) mass is 270 g/mol. The van der Waals surface area contributed by atoms with Crippen LogP contribution in [0.4, 0.5) is 0 Å². The fourth-order valence-electron chi connectivity index (χ4n) is 2.22. The van der Waals surface area contributed by atoms with Gasteiger partial charge >= 0.3 is 5.97 Å². The Morgan fingerprint density at radius 3 is 2.20 bits per heavy atom. The van der Waals surface area contributed by atoms with Gasteiger partial charge in [0.25, 0.3) is 0 Å². The smallest absolute Gasteiger partial charge is 0.335 e. The lowest BCUT2D eigenvalue weighted by molar-refractivity contribution is 0.0696. The van der Waals surface area contributed by atoms with E-state index in [-0.39, 0.29) is 0 Å². The molecule has 1 N–H and O–H groups in total. The van der Waals surface area contributed by atoms with Gasteiger partial charge in [0.05, 0.1) is 5.56 Å². The lowest BCUT2D eigenvalue weighted by Gasteiger charge is -2.14. The molecule has 0 fully saturated rings. The maximum atomic E-state index is 11.0. The van der Waals surface area contributed by atoms with Crippen LogP contribution in [0.2, 0.25) is 0 Å². The van der Waals surface area contributed by atoms with E-state index in [1.54, 1.807) is 12.1 Å². The zero-order chi connectivity index (χ0) is 14.7. The Hall–Kier alpha value is -2.29. The molecule has 0 unspecified atom stereocenters. The molecule has 3 heteroatoms. The quantitative estimate of drug-likeness (QED) is 0.916. The van der Waals surface area contributed by atoms with Gasteiger partial charge in [0.15, 0.2) is 0 Å². The summed E-state index contributed by atoms with van der Waals surface area (Å²) in [4.78, 5) is 11.0. The van der Waals surface area contributed by atoms with Crippen LogP contribution in [-0.4, -0.2) is 11.1 Å². The highest BCUT2D eigenvalue weighted by Gasteiger charge is 2.11. The molecule has 0 saturated carbocycles. The summed E-state index contributed by atoms with van der Waals surface area (Å²) in [6, 6.07) is 11.3. The maximum absolute atomic E-state index is 11.0. The summed E-state index contributed by atoms with van der Waals surface area (Å²) in [7, 11) is 0. The average molecular weight is 270 g/mol. The molecule has 0 atom stereocenters. The number of carboxylic acid groups (broad SMARTS) is 1. The van der Waals surface area contributed by atoms with Gasteiger partial charge in [-0.25, -0.2) is 4.79 Å². The molecule has 20 heavy (non-hydrogen) atoms. The fourth-order valence-corrected chi connectivity index (χ4v) is 2.22. The van der Waals surface area contributed by atoms with Gasteiger partial charge < -0.3 is 9.84 Å². The molecule has 0 radical (unpaired) electrons. The molecule has 0 aliphatic carbocycles. The van der Waals surface area contributed by atoms with Crippen LogP contribution in [0, 0.1) is 20.8 Å². The van der Waals surface area contributed by atoms with E-state index in [2.05, 4.69) is 0 Å². The first-order chi connectivity index (χ1) is 9.49. The van der Waals surface area contributed by atoms with Gasteiger partial charge in [-0.15, -0.1) is 0 Å². The molecule has 3 nitrogen and oxygen atoms in total. The van der Waals surface area contributed by atoms with Crippen LogP contribution in [0.5, 0.6) is 5.75 Å². The Bertz CT molecular complexity index is 621. The van der Waals surface area contributed by atoms with E-state index in [4.69, 9.17) is 9.84 Å².